The molecule has 0 fully saturated rings. The smallest absolute Gasteiger partial charge is 0.406 e. The molecular weight excluding hydrogens is 373 g/mol. The molecule has 0 saturated heterocycles. The third kappa shape index (κ3) is 5.18. The summed E-state index contributed by atoms with van der Waals surface area (Å²) in [5, 5.41) is 0. The topological polar surface area (TPSA) is 48.1 Å². The van der Waals surface area contributed by atoms with Crippen molar-refractivity contribution in [2.24, 2.45) is 5.73 Å². The van der Waals surface area contributed by atoms with Crippen LogP contribution in [0.25, 0.3) is 0 Å². The van der Waals surface area contributed by atoms with Gasteiger partial charge >= 0.3 is 6.36 Å². The molecule has 1 heterocycles. The molecule has 21 heavy (non-hydrogen) atoms. The van der Waals surface area contributed by atoms with Gasteiger partial charge in [-0.25, -0.2) is 0 Å². The SMILES string of the molecule is Cl.N[C@@H](c1ccc(OC(F)(F)F)cc1)c1ccc(Br)cn1. The Hall–Kier alpha value is -1.31. The van der Waals surface area contributed by atoms with E-state index in [0.717, 1.165) is 4.47 Å². The first-order valence-electron chi connectivity index (χ1n) is 5.58. The lowest BCUT2D eigenvalue weighted by Crippen LogP contribution is -2.17. The summed E-state index contributed by atoms with van der Waals surface area (Å²) in [7, 11) is 0. The zero-order chi connectivity index (χ0) is 14.8. The Morgan fingerprint density at radius 2 is 1.71 bits per heavy atom. The fourth-order valence-corrected chi connectivity index (χ4v) is 1.85. The van der Waals surface area contributed by atoms with Crippen LogP contribution in [0.4, 0.5) is 13.2 Å². The second kappa shape index (κ2) is 7.11. The molecule has 2 N–H and O–H groups in total. The zero-order valence-electron chi connectivity index (χ0n) is 10.5. The first kappa shape index (κ1) is 17.7. The molecule has 2 aromatic rings. The standard InChI is InChI=1S/C13H10BrF3N2O.ClH/c14-9-3-6-11(19-7-9)12(18)8-1-4-10(5-2-8)20-13(15,16)17;/h1-7,12H,18H2;1H/t12-;/m0./s1. The van der Waals surface area contributed by atoms with Crippen molar-refractivity contribution < 1.29 is 17.9 Å². The molecule has 1 atom stereocenters. The fourth-order valence-electron chi connectivity index (χ4n) is 1.62. The molecule has 8 heteroatoms. The van der Waals surface area contributed by atoms with Crippen LogP contribution in [0.15, 0.2) is 47.1 Å². The van der Waals surface area contributed by atoms with Crippen molar-refractivity contribution in [2.75, 3.05) is 0 Å². The van der Waals surface area contributed by atoms with E-state index < -0.39 is 12.4 Å². The first-order valence-corrected chi connectivity index (χ1v) is 6.37. The number of hydrogen-bond acceptors (Lipinski definition) is 3. The van der Waals surface area contributed by atoms with Gasteiger partial charge in [0.15, 0.2) is 0 Å². The highest BCUT2D eigenvalue weighted by atomic mass is 79.9. The molecule has 0 radical (unpaired) electrons. The van der Waals surface area contributed by atoms with Gasteiger partial charge in [-0.3, -0.25) is 4.98 Å². The van der Waals surface area contributed by atoms with Crippen molar-refractivity contribution in [1.29, 1.82) is 0 Å². The molecular formula is C13H11BrClF3N2O. The zero-order valence-corrected chi connectivity index (χ0v) is 12.9. The van der Waals surface area contributed by atoms with Crippen molar-refractivity contribution in [3.05, 3.63) is 58.3 Å². The van der Waals surface area contributed by atoms with Crippen molar-refractivity contribution in [2.45, 2.75) is 12.4 Å². The number of halogens is 5. The molecule has 1 aromatic carbocycles. The van der Waals surface area contributed by atoms with Crippen LogP contribution >= 0.6 is 28.3 Å². The van der Waals surface area contributed by atoms with Crippen LogP contribution in [0.5, 0.6) is 5.75 Å². The first-order chi connectivity index (χ1) is 9.35. The maximum atomic E-state index is 12.0. The van der Waals surface area contributed by atoms with Gasteiger partial charge in [0.2, 0.25) is 0 Å². The summed E-state index contributed by atoms with van der Waals surface area (Å²) in [6.07, 6.45) is -3.09. The predicted octanol–water partition coefficient (Wildman–Crippen LogP) is 4.21. The third-order valence-corrected chi connectivity index (χ3v) is 3.01. The third-order valence-electron chi connectivity index (χ3n) is 2.54. The van der Waals surface area contributed by atoms with Crippen molar-refractivity contribution in [1.82, 2.24) is 4.98 Å². The molecule has 0 saturated carbocycles. The van der Waals surface area contributed by atoms with E-state index in [-0.39, 0.29) is 18.2 Å². The van der Waals surface area contributed by atoms with Crippen LogP contribution in [-0.2, 0) is 0 Å². The minimum absolute atomic E-state index is 0. The number of alkyl halides is 3. The van der Waals surface area contributed by atoms with Gasteiger partial charge in [-0.15, -0.1) is 25.6 Å². The second-order valence-electron chi connectivity index (χ2n) is 4.00. The quantitative estimate of drug-likeness (QED) is 0.863. The molecule has 0 amide bonds. The number of pyridine rings is 1. The summed E-state index contributed by atoms with van der Waals surface area (Å²) in [5.74, 6) is -0.280. The molecule has 0 aliphatic rings. The van der Waals surface area contributed by atoms with Gasteiger partial charge in [-0.05, 0) is 45.8 Å². The summed E-state index contributed by atoms with van der Waals surface area (Å²) in [6, 6.07) is 8.44. The van der Waals surface area contributed by atoms with Gasteiger partial charge in [0.1, 0.15) is 5.75 Å². The van der Waals surface area contributed by atoms with Crippen LogP contribution < -0.4 is 10.5 Å². The summed E-state index contributed by atoms with van der Waals surface area (Å²) >= 11 is 3.26. The average Bonchev–Trinajstić information content (AvgIpc) is 2.38. The number of hydrogen-bond donors (Lipinski definition) is 1. The molecule has 1 aromatic heterocycles. The molecule has 2 rings (SSSR count). The van der Waals surface area contributed by atoms with Gasteiger partial charge in [-0.1, -0.05) is 12.1 Å². The lowest BCUT2D eigenvalue weighted by atomic mass is 10.0. The van der Waals surface area contributed by atoms with Gasteiger partial charge in [-0.2, -0.15) is 0 Å². The molecule has 0 aliphatic heterocycles. The maximum Gasteiger partial charge on any atom is 0.573 e. The predicted molar refractivity (Wildman–Crippen MR) is 78.3 cm³/mol. The van der Waals surface area contributed by atoms with Gasteiger partial charge in [0, 0.05) is 10.7 Å². The number of aromatic nitrogens is 1. The Morgan fingerprint density at radius 1 is 1.10 bits per heavy atom. The highest BCUT2D eigenvalue weighted by Gasteiger charge is 2.31. The van der Waals surface area contributed by atoms with E-state index in [1.807, 2.05) is 0 Å². The average molecular weight is 384 g/mol. The Kier molecular flexibility index (Phi) is 6.00. The van der Waals surface area contributed by atoms with Gasteiger partial charge in [0.25, 0.3) is 0 Å². The fraction of sp³-hybridized carbons (Fsp3) is 0.154. The summed E-state index contributed by atoms with van der Waals surface area (Å²) in [4.78, 5) is 4.15. The van der Waals surface area contributed by atoms with E-state index in [1.54, 1.807) is 18.3 Å². The molecule has 114 valence electrons. The van der Waals surface area contributed by atoms with E-state index in [1.165, 1.54) is 24.3 Å². The number of benzene rings is 1. The Labute approximate surface area is 133 Å². The van der Waals surface area contributed by atoms with Crippen LogP contribution in [0.1, 0.15) is 17.3 Å². The van der Waals surface area contributed by atoms with Crippen LogP contribution in [0.3, 0.4) is 0 Å². The summed E-state index contributed by atoms with van der Waals surface area (Å²) < 4.78 is 40.7. The summed E-state index contributed by atoms with van der Waals surface area (Å²) in [6.45, 7) is 0. The van der Waals surface area contributed by atoms with Crippen LogP contribution in [0.2, 0.25) is 0 Å². The number of nitrogens with zero attached hydrogens (tertiary/aromatic N) is 1. The van der Waals surface area contributed by atoms with Crippen molar-refractivity contribution >= 4 is 28.3 Å². The molecule has 3 nitrogen and oxygen atoms in total. The number of rotatable bonds is 3. The largest absolute Gasteiger partial charge is 0.573 e. The van der Waals surface area contributed by atoms with Crippen molar-refractivity contribution in [3.8, 4) is 5.75 Å². The lowest BCUT2D eigenvalue weighted by molar-refractivity contribution is -0.274. The minimum atomic E-state index is -4.70. The minimum Gasteiger partial charge on any atom is -0.406 e. The van der Waals surface area contributed by atoms with Crippen LogP contribution in [0, 0.1) is 0 Å². The van der Waals surface area contributed by atoms with E-state index >= 15 is 0 Å². The molecule has 0 unspecified atom stereocenters. The highest BCUT2D eigenvalue weighted by molar-refractivity contribution is 9.10. The number of nitrogens with two attached hydrogens (primary N) is 1. The number of ether oxygens (including phenoxy) is 1. The Bertz CT molecular complexity index is 575. The Balaban J connectivity index is 0.00000220. The van der Waals surface area contributed by atoms with Crippen LogP contribution in [-0.4, -0.2) is 11.3 Å². The molecule has 0 bridgehead atoms. The van der Waals surface area contributed by atoms with E-state index in [4.69, 9.17) is 5.73 Å². The monoisotopic (exact) mass is 382 g/mol. The van der Waals surface area contributed by atoms with Crippen molar-refractivity contribution in [3.63, 3.8) is 0 Å². The second-order valence-corrected chi connectivity index (χ2v) is 4.91. The normalized spacial score (nSPS) is 12.4. The van der Waals surface area contributed by atoms with Gasteiger partial charge < -0.3 is 10.5 Å². The van der Waals surface area contributed by atoms with E-state index in [9.17, 15) is 13.2 Å². The Morgan fingerprint density at radius 3 is 2.19 bits per heavy atom. The highest BCUT2D eigenvalue weighted by Crippen LogP contribution is 2.25. The molecule has 0 spiro atoms. The maximum absolute atomic E-state index is 12.0. The lowest BCUT2D eigenvalue weighted by Gasteiger charge is -2.13. The van der Waals surface area contributed by atoms with E-state index in [0.29, 0.717) is 11.3 Å². The molecule has 0 aliphatic carbocycles. The summed E-state index contributed by atoms with van der Waals surface area (Å²) in [5.41, 5.74) is 7.27. The van der Waals surface area contributed by atoms with E-state index in [2.05, 4.69) is 25.7 Å². The van der Waals surface area contributed by atoms with Gasteiger partial charge in [0.05, 0.1) is 11.7 Å².